The van der Waals surface area contributed by atoms with Crippen molar-refractivity contribution in [2.45, 2.75) is 19.1 Å². The van der Waals surface area contributed by atoms with Crippen molar-refractivity contribution in [1.82, 2.24) is 0 Å². The van der Waals surface area contributed by atoms with Crippen molar-refractivity contribution in [1.29, 1.82) is 0 Å². The molecule has 4 N–H and O–H groups in total. The first-order valence-electron chi connectivity index (χ1n) is 2.68. The number of carbonyl (C=O) groups is 1. The van der Waals surface area contributed by atoms with Crippen LogP contribution < -0.4 is 5.73 Å². The number of hydrogen-bond donors (Lipinski definition) is 3. The zero-order valence-corrected chi connectivity index (χ0v) is 5.24. The summed E-state index contributed by atoms with van der Waals surface area (Å²) >= 11 is 0. The fraction of sp³-hybridized carbons (Fsp3) is 0.800. The molecule has 0 aliphatic carbocycles. The smallest absolute Gasteiger partial charge is 0.177 e. The number of rotatable bonds is 3. The van der Waals surface area contributed by atoms with Gasteiger partial charge in [-0.15, -0.1) is 0 Å². The molecule has 0 fully saturated rings. The Bertz CT molecular complexity index is 102. The number of hydrogen-bond acceptors (Lipinski definition) is 4. The van der Waals surface area contributed by atoms with Crippen LogP contribution in [0.2, 0.25) is 0 Å². The largest absolute Gasteiger partial charge is 0.390 e. The Kier molecular flexibility index (Phi) is 3.37. The van der Waals surface area contributed by atoms with E-state index in [9.17, 15) is 4.79 Å². The van der Waals surface area contributed by atoms with Crippen LogP contribution in [0.25, 0.3) is 0 Å². The summed E-state index contributed by atoms with van der Waals surface area (Å²) < 4.78 is 0. The molecule has 0 bridgehead atoms. The molecule has 0 rings (SSSR count). The number of aliphatic hydroxyl groups is 2. The predicted molar refractivity (Wildman–Crippen MR) is 31.7 cm³/mol. The molecule has 0 aromatic heterocycles. The second-order valence-corrected chi connectivity index (χ2v) is 1.86. The van der Waals surface area contributed by atoms with Crippen molar-refractivity contribution < 1.29 is 15.0 Å². The van der Waals surface area contributed by atoms with E-state index in [0.29, 0.717) is 0 Å². The molecule has 0 saturated heterocycles. The fourth-order valence-electron chi connectivity index (χ4n) is 0.390. The van der Waals surface area contributed by atoms with Crippen LogP contribution in [0.15, 0.2) is 0 Å². The molecule has 2 atom stereocenters. The maximum atomic E-state index is 10.4. The third kappa shape index (κ3) is 2.55. The number of carbonyl (C=O) groups excluding carboxylic acids is 1. The van der Waals surface area contributed by atoms with Crippen LogP contribution >= 0.6 is 0 Å². The molecule has 0 spiro atoms. The van der Waals surface area contributed by atoms with E-state index in [1.165, 1.54) is 6.92 Å². The summed E-state index contributed by atoms with van der Waals surface area (Å²) in [7, 11) is 0. The minimum absolute atomic E-state index is 0.230. The highest BCUT2D eigenvalue weighted by molar-refractivity contribution is 5.84. The first-order chi connectivity index (χ1) is 4.09. The second kappa shape index (κ2) is 3.55. The van der Waals surface area contributed by atoms with Crippen molar-refractivity contribution in [2.24, 2.45) is 5.73 Å². The van der Waals surface area contributed by atoms with Gasteiger partial charge >= 0.3 is 0 Å². The van der Waals surface area contributed by atoms with E-state index in [1.807, 2.05) is 0 Å². The standard InChI is InChI=1S/C5H11NO3/c1-3(7)5(9)4(8)2-6/h3,5,7,9H,2,6H2,1H3/t3-,5-/m0/s1. The highest BCUT2D eigenvalue weighted by Crippen LogP contribution is 1.91. The van der Waals surface area contributed by atoms with Gasteiger partial charge < -0.3 is 15.9 Å². The van der Waals surface area contributed by atoms with Crippen molar-refractivity contribution in [2.75, 3.05) is 6.54 Å². The molecule has 0 aromatic rings. The lowest BCUT2D eigenvalue weighted by Gasteiger charge is -2.09. The lowest BCUT2D eigenvalue weighted by molar-refractivity contribution is -0.130. The highest BCUT2D eigenvalue weighted by Gasteiger charge is 2.17. The molecule has 4 heteroatoms. The number of Topliss-reactive ketones (excluding diaryl/α,β-unsaturated/α-hetero) is 1. The minimum Gasteiger partial charge on any atom is -0.390 e. The first kappa shape index (κ1) is 8.55. The molecule has 54 valence electrons. The first-order valence-corrected chi connectivity index (χ1v) is 2.68. The second-order valence-electron chi connectivity index (χ2n) is 1.86. The molecule has 0 aliphatic heterocycles. The van der Waals surface area contributed by atoms with Gasteiger partial charge in [0.1, 0.15) is 6.10 Å². The van der Waals surface area contributed by atoms with Crippen LogP contribution in [0.1, 0.15) is 6.92 Å². The number of ketones is 1. The highest BCUT2D eigenvalue weighted by atomic mass is 16.3. The van der Waals surface area contributed by atoms with Gasteiger partial charge in [0.25, 0.3) is 0 Å². The van der Waals surface area contributed by atoms with Gasteiger partial charge in [-0.25, -0.2) is 0 Å². The zero-order valence-electron chi connectivity index (χ0n) is 5.24. The quantitative estimate of drug-likeness (QED) is 0.426. The summed E-state index contributed by atoms with van der Waals surface area (Å²) in [5, 5.41) is 17.3. The van der Waals surface area contributed by atoms with Crippen LogP contribution in [0.4, 0.5) is 0 Å². The molecule has 0 amide bonds. The number of nitrogens with two attached hydrogens (primary N) is 1. The lowest BCUT2D eigenvalue weighted by atomic mass is 10.1. The normalized spacial score (nSPS) is 16.9. The monoisotopic (exact) mass is 133 g/mol. The van der Waals surface area contributed by atoms with Crippen LogP contribution in [0.5, 0.6) is 0 Å². The van der Waals surface area contributed by atoms with Gasteiger partial charge in [0, 0.05) is 0 Å². The van der Waals surface area contributed by atoms with Crippen LogP contribution in [-0.2, 0) is 4.79 Å². The van der Waals surface area contributed by atoms with E-state index in [2.05, 4.69) is 0 Å². The summed E-state index contributed by atoms with van der Waals surface area (Å²) in [6.45, 7) is 1.10. The van der Waals surface area contributed by atoms with Gasteiger partial charge in [0.05, 0.1) is 12.6 Å². The van der Waals surface area contributed by atoms with Gasteiger partial charge in [0.15, 0.2) is 5.78 Å². The SMILES string of the molecule is C[C@H](O)[C@H](O)C(=O)CN. The summed E-state index contributed by atoms with van der Waals surface area (Å²) in [6.07, 6.45) is -2.35. The fourth-order valence-corrected chi connectivity index (χ4v) is 0.390. The molecule has 0 unspecified atom stereocenters. The Hall–Kier alpha value is -0.450. The van der Waals surface area contributed by atoms with Gasteiger partial charge in [-0.05, 0) is 6.92 Å². The molecule has 0 aromatic carbocycles. The Morgan fingerprint density at radius 3 is 2.22 bits per heavy atom. The van der Waals surface area contributed by atoms with Gasteiger partial charge in [-0.3, -0.25) is 4.79 Å². The third-order valence-corrected chi connectivity index (χ3v) is 0.988. The maximum Gasteiger partial charge on any atom is 0.177 e. The molecular weight excluding hydrogens is 122 g/mol. The molecule has 0 saturated carbocycles. The van der Waals surface area contributed by atoms with Crippen LogP contribution in [0.3, 0.4) is 0 Å². The van der Waals surface area contributed by atoms with E-state index in [0.717, 1.165) is 0 Å². The molecule has 0 radical (unpaired) electrons. The van der Waals surface area contributed by atoms with Crippen molar-refractivity contribution in [3.63, 3.8) is 0 Å². The molecule has 0 heterocycles. The Morgan fingerprint density at radius 1 is 1.67 bits per heavy atom. The zero-order chi connectivity index (χ0) is 7.44. The van der Waals surface area contributed by atoms with E-state index in [4.69, 9.17) is 15.9 Å². The van der Waals surface area contributed by atoms with Gasteiger partial charge in [0.2, 0.25) is 0 Å². The summed E-state index contributed by atoms with van der Waals surface area (Å²) in [4.78, 5) is 10.4. The van der Waals surface area contributed by atoms with E-state index >= 15 is 0 Å². The van der Waals surface area contributed by atoms with Crippen molar-refractivity contribution in [3.8, 4) is 0 Å². The number of aliphatic hydroxyl groups excluding tert-OH is 2. The third-order valence-electron chi connectivity index (χ3n) is 0.988. The molecule has 4 nitrogen and oxygen atoms in total. The van der Waals surface area contributed by atoms with Crippen LogP contribution in [0, 0.1) is 0 Å². The van der Waals surface area contributed by atoms with E-state index in [-0.39, 0.29) is 6.54 Å². The summed E-state index contributed by atoms with van der Waals surface area (Å²) in [6, 6.07) is 0. The van der Waals surface area contributed by atoms with E-state index in [1.54, 1.807) is 0 Å². The average molecular weight is 133 g/mol. The lowest BCUT2D eigenvalue weighted by Crippen LogP contribution is -2.35. The van der Waals surface area contributed by atoms with E-state index < -0.39 is 18.0 Å². The molecule has 9 heavy (non-hydrogen) atoms. The Balaban J connectivity index is 3.72. The van der Waals surface area contributed by atoms with Crippen molar-refractivity contribution in [3.05, 3.63) is 0 Å². The molecular formula is C5H11NO3. The van der Waals surface area contributed by atoms with Crippen molar-refractivity contribution >= 4 is 5.78 Å². The molecule has 0 aliphatic rings. The predicted octanol–water partition coefficient (Wildman–Crippen LogP) is -1.74. The summed E-state index contributed by atoms with van der Waals surface area (Å²) in [5.74, 6) is -0.537. The summed E-state index contributed by atoms with van der Waals surface area (Å²) in [5.41, 5.74) is 4.89. The average Bonchev–Trinajstić information content (AvgIpc) is 1.84. The Labute approximate surface area is 53.3 Å². The minimum atomic E-state index is -1.32. The van der Waals surface area contributed by atoms with Gasteiger partial charge in [-0.2, -0.15) is 0 Å². The van der Waals surface area contributed by atoms with Gasteiger partial charge in [-0.1, -0.05) is 0 Å². The topological polar surface area (TPSA) is 83.5 Å². The maximum absolute atomic E-state index is 10.4. The van der Waals surface area contributed by atoms with Crippen LogP contribution in [-0.4, -0.2) is 34.7 Å². The Morgan fingerprint density at radius 2 is 2.11 bits per heavy atom.